The molecule has 1 fully saturated rings. The number of hydrogen-bond donors (Lipinski definition) is 4. The molecule has 2 aliphatic rings. The number of carbonyl (C=O) groups is 7. The Morgan fingerprint density at radius 1 is 0.964 bits per heavy atom. The van der Waals surface area contributed by atoms with Crippen molar-refractivity contribution in [1.29, 1.82) is 0 Å². The minimum Gasteiger partial charge on any atom is -0.494 e. The number of amides is 6. The molecule has 0 spiro atoms. The highest BCUT2D eigenvalue weighted by atomic mass is 16.5. The zero-order valence-electron chi connectivity index (χ0n) is 32.5. The molecular formula is C40H54N6O9. The monoisotopic (exact) mass is 762 g/mol. The number of Topliss-reactive ketones (excluding diaryl/α,β-unsaturated/α-hetero) is 1. The zero-order chi connectivity index (χ0) is 40.3. The van der Waals surface area contributed by atoms with Crippen LogP contribution in [0.3, 0.4) is 0 Å². The van der Waals surface area contributed by atoms with Crippen LogP contribution in [-0.2, 0) is 33.5 Å². The molecule has 2 aromatic rings. The Kier molecular flexibility index (Phi) is 14.9. The Morgan fingerprint density at radius 3 is 2.35 bits per heavy atom. The molecule has 55 heavy (non-hydrogen) atoms. The number of nitrogens with zero attached hydrogens (tertiary/aromatic N) is 2. The Morgan fingerprint density at radius 2 is 1.67 bits per heavy atom. The summed E-state index contributed by atoms with van der Waals surface area (Å²) in [5.74, 6) is -4.23. The summed E-state index contributed by atoms with van der Waals surface area (Å²) in [5.41, 5.74) is 0.0939. The summed E-state index contributed by atoms with van der Waals surface area (Å²) in [6, 6.07) is 10.9. The third-order valence-electron chi connectivity index (χ3n) is 9.46. The first kappa shape index (κ1) is 42.4. The van der Waals surface area contributed by atoms with E-state index in [4.69, 9.17) is 9.47 Å². The highest BCUT2D eigenvalue weighted by Crippen LogP contribution is 2.28. The van der Waals surface area contributed by atoms with Crippen molar-refractivity contribution in [3.8, 4) is 5.75 Å². The average Bonchev–Trinajstić information content (AvgIpc) is 3.59. The second-order valence-electron chi connectivity index (χ2n) is 15.1. The lowest BCUT2D eigenvalue weighted by Crippen LogP contribution is -2.59. The van der Waals surface area contributed by atoms with E-state index < -0.39 is 77.6 Å². The molecule has 15 heteroatoms. The Hall–Kier alpha value is -5.31. The first-order chi connectivity index (χ1) is 26.1. The summed E-state index contributed by atoms with van der Waals surface area (Å²) in [6.45, 7) is 7.47. The highest BCUT2D eigenvalue weighted by Gasteiger charge is 2.46. The van der Waals surface area contributed by atoms with Crippen molar-refractivity contribution in [3.05, 3.63) is 65.7 Å². The first-order valence-electron chi connectivity index (χ1n) is 18.7. The largest absolute Gasteiger partial charge is 0.494 e. The molecule has 4 rings (SSSR count). The molecule has 2 aliphatic heterocycles. The summed E-state index contributed by atoms with van der Waals surface area (Å²) in [6.07, 6.45) is 1.50. The number of ether oxygens (including phenoxy) is 2. The van der Waals surface area contributed by atoms with Crippen LogP contribution in [0.25, 0.3) is 0 Å². The van der Waals surface area contributed by atoms with Gasteiger partial charge in [0.1, 0.15) is 23.9 Å². The van der Waals surface area contributed by atoms with E-state index in [0.29, 0.717) is 49.4 Å². The van der Waals surface area contributed by atoms with Gasteiger partial charge in [-0.3, -0.25) is 33.6 Å². The molecule has 2 aromatic carbocycles. The molecule has 0 saturated carbocycles. The van der Waals surface area contributed by atoms with Crippen LogP contribution < -0.4 is 26.0 Å². The smallest absolute Gasteiger partial charge is 0.290 e. The molecule has 1 saturated heterocycles. The SMILES string of the molecule is CCCC(NC(=O)[C@@H]1C[C@@H]2CN1C(=O)[C@H](C(C)(C)C)NC(=O)c1cccc(c1)OCCCCO2)C(=O)C(=O)NCC(=O)N[C@H](C(=O)N(C)C)c1ccccc1. The van der Waals surface area contributed by atoms with Crippen molar-refractivity contribution in [3.63, 3.8) is 0 Å². The molecule has 4 bridgehead atoms. The van der Waals surface area contributed by atoms with Crippen LogP contribution in [0.1, 0.15) is 81.8 Å². The fraction of sp³-hybridized carbons (Fsp3) is 0.525. The van der Waals surface area contributed by atoms with Gasteiger partial charge >= 0.3 is 0 Å². The normalized spacial score (nSPS) is 20.3. The van der Waals surface area contributed by atoms with Gasteiger partial charge in [-0.2, -0.15) is 0 Å². The van der Waals surface area contributed by atoms with Crippen LogP contribution in [0.5, 0.6) is 5.75 Å². The van der Waals surface area contributed by atoms with E-state index in [-0.39, 0.29) is 25.3 Å². The second-order valence-corrected chi connectivity index (χ2v) is 15.1. The maximum atomic E-state index is 14.3. The molecule has 0 radical (unpaired) electrons. The standard InChI is InChI=1S/C40H54N6O9/c1-7-14-29(33(48)37(51)41-23-31(47)43-32(38(52)45(5)6)25-15-9-8-10-16-25)42-36(50)30-22-28-24-46(30)39(53)34(40(2,3)4)44-35(49)26-17-13-18-27(21-26)54-19-11-12-20-55-28/h8-10,13,15-18,21,28-30,32,34H,7,11-12,14,19-20,22-24H2,1-6H3,(H,41,51)(H,42,50)(H,43,47)(H,44,49)/t28-,29?,30+,32+,34-/m1/s1. The fourth-order valence-corrected chi connectivity index (χ4v) is 6.45. The number of carbonyl (C=O) groups excluding carboxylic acids is 7. The molecule has 6 amide bonds. The van der Waals surface area contributed by atoms with Crippen molar-refractivity contribution in [1.82, 2.24) is 31.1 Å². The molecule has 5 atom stereocenters. The predicted molar refractivity (Wildman–Crippen MR) is 203 cm³/mol. The van der Waals surface area contributed by atoms with Gasteiger partial charge in [0.2, 0.25) is 29.4 Å². The van der Waals surface area contributed by atoms with Crippen molar-refractivity contribution in [2.24, 2.45) is 5.41 Å². The van der Waals surface area contributed by atoms with Gasteiger partial charge in [0.05, 0.1) is 25.3 Å². The molecule has 0 aliphatic carbocycles. The van der Waals surface area contributed by atoms with Gasteiger partial charge in [-0.25, -0.2) is 0 Å². The topological polar surface area (TPSA) is 193 Å². The molecule has 15 nitrogen and oxygen atoms in total. The van der Waals surface area contributed by atoms with Gasteiger partial charge in [-0.05, 0) is 48.4 Å². The number of fused-ring (bicyclic) bond motifs is 4. The number of ketones is 1. The van der Waals surface area contributed by atoms with Gasteiger partial charge in [0.15, 0.2) is 0 Å². The van der Waals surface area contributed by atoms with Crippen molar-refractivity contribution in [2.45, 2.75) is 90.1 Å². The van der Waals surface area contributed by atoms with Crippen LogP contribution in [0.2, 0.25) is 0 Å². The van der Waals surface area contributed by atoms with E-state index in [2.05, 4.69) is 21.3 Å². The molecule has 0 aromatic heterocycles. The van der Waals surface area contributed by atoms with Gasteiger partial charge in [-0.15, -0.1) is 0 Å². The van der Waals surface area contributed by atoms with E-state index in [9.17, 15) is 33.6 Å². The molecular weight excluding hydrogens is 708 g/mol. The number of benzene rings is 2. The zero-order valence-corrected chi connectivity index (χ0v) is 32.5. The van der Waals surface area contributed by atoms with Gasteiger partial charge in [-0.1, -0.05) is 70.5 Å². The summed E-state index contributed by atoms with van der Waals surface area (Å²) in [4.78, 5) is 96.8. The number of nitrogens with one attached hydrogen (secondary N) is 4. The van der Waals surface area contributed by atoms with Gasteiger partial charge < -0.3 is 40.5 Å². The van der Waals surface area contributed by atoms with Crippen LogP contribution in [0, 0.1) is 5.41 Å². The van der Waals surface area contributed by atoms with Gasteiger partial charge in [0, 0.05) is 39.2 Å². The van der Waals surface area contributed by atoms with Crippen LogP contribution in [0.15, 0.2) is 54.6 Å². The lowest BCUT2D eigenvalue weighted by atomic mass is 9.85. The molecule has 1 unspecified atom stereocenters. The van der Waals surface area contributed by atoms with E-state index in [1.165, 1.54) is 9.80 Å². The van der Waals surface area contributed by atoms with E-state index >= 15 is 0 Å². The Labute approximate surface area is 322 Å². The van der Waals surface area contributed by atoms with Crippen LogP contribution >= 0.6 is 0 Å². The lowest BCUT2D eigenvalue weighted by molar-refractivity contribution is -0.144. The molecule has 2 heterocycles. The third kappa shape index (κ3) is 11.6. The average molecular weight is 763 g/mol. The third-order valence-corrected chi connectivity index (χ3v) is 9.46. The second kappa shape index (κ2) is 19.3. The Bertz CT molecular complexity index is 1710. The van der Waals surface area contributed by atoms with Crippen LogP contribution in [0.4, 0.5) is 0 Å². The summed E-state index contributed by atoms with van der Waals surface area (Å²) in [7, 11) is 3.11. The van der Waals surface area contributed by atoms with Crippen LogP contribution in [-0.4, -0.2) is 116 Å². The number of rotatable bonds is 11. The lowest BCUT2D eigenvalue weighted by Gasteiger charge is -2.35. The van der Waals surface area contributed by atoms with Crippen molar-refractivity contribution >= 4 is 41.2 Å². The predicted octanol–water partition coefficient (Wildman–Crippen LogP) is 1.91. The molecule has 4 N–H and O–H groups in total. The maximum Gasteiger partial charge on any atom is 0.290 e. The quantitative estimate of drug-likeness (QED) is 0.248. The van der Waals surface area contributed by atoms with Gasteiger partial charge in [0.25, 0.3) is 11.8 Å². The highest BCUT2D eigenvalue weighted by molar-refractivity contribution is 6.38. The summed E-state index contributed by atoms with van der Waals surface area (Å²) < 4.78 is 11.9. The van der Waals surface area contributed by atoms with E-state index in [0.717, 1.165) is 0 Å². The van der Waals surface area contributed by atoms with Crippen molar-refractivity contribution < 1.29 is 43.0 Å². The van der Waals surface area contributed by atoms with E-state index in [1.54, 1.807) is 75.6 Å². The Balaban J connectivity index is 1.48. The summed E-state index contributed by atoms with van der Waals surface area (Å²) in [5, 5.41) is 10.5. The van der Waals surface area contributed by atoms with E-state index in [1.807, 2.05) is 20.8 Å². The first-order valence-corrected chi connectivity index (χ1v) is 18.7. The number of hydrogen-bond acceptors (Lipinski definition) is 9. The minimum atomic E-state index is -1.25. The molecule has 298 valence electrons. The maximum absolute atomic E-state index is 14.3. The van der Waals surface area contributed by atoms with Crippen molar-refractivity contribution in [2.75, 3.05) is 40.4 Å². The fourth-order valence-electron chi connectivity index (χ4n) is 6.45. The minimum absolute atomic E-state index is 0.0770. The number of likely N-dealkylation sites (N-methyl/N-ethyl adjacent to an activating group) is 1. The summed E-state index contributed by atoms with van der Waals surface area (Å²) >= 11 is 0.